The Balaban J connectivity index is 2.01. The Kier molecular flexibility index (Phi) is 5.33. The van der Waals surface area contributed by atoms with Gasteiger partial charge in [-0.25, -0.2) is 0 Å². The molecule has 0 unspecified atom stereocenters. The van der Waals surface area contributed by atoms with Crippen molar-refractivity contribution < 1.29 is 9.53 Å². The van der Waals surface area contributed by atoms with Gasteiger partial charge >= 0.3 is 0 Å². The molecule has 0 amide bonds. The Bertz CT molecular complexity index is 239. The molecular formula is C13H20O2. The zero-order chi connectivity index (χ0) is 11.1. The first kappa shape index (κ1) is 12.2. The van der Waals surface area contributed by atoms with Crippen LogP contribution < -0.4 is 0 Å². The molecule has 0 bridgehead atoms. The second-order valence-corrected chi connectivity index (χ2v) is 4.42. The van der Waals surface area contributed by atoms with Crippen LogP contribution in [0.1, 0.15) is 26.7 Å². The van der Waals surface area contributed by atoms with Crippen molar-refractivity contribution in [1.82, 2.24) is 0 Å². The molecule has 0 fully saturated rings. The van der Waals surface area contributed by atoms with E-state index in [4.69, 9.17) is 4.74 Å². The summed E-state index contributed by atoms with van der Waals surface area (Å²) in [6.45, 7) is 5.15. The van der Waals surface area contributed by atoms with Crippen molar-refractivity contribution in [2.75, 3.05) is 13.2 Å². The highest BCUT2D eigenvalue weighted by atomic mass is 16.5. The van der Waals surface area contributed by atoms with Crippen molar-refractivity contribution in [2.24, 2.45) is 11.8 Å². The zero-order valence-corrected chi connectivity index (χ0v) is 9.61. The normalized spacial score (nSPS) is 15.4. The average Bonchev–Trinajstić information content (AvgIpc) is 2.67. The Morgan fingerprint density at radius 1 is 1.33 bits per heavy atom. The van der Waals surface area contributed by atoms with Gasteiger partial charge in [0, 0.05) is 12.3 Å². The molecule has 84 valence electrons. The molecule has 0 saturated heterocycles. The Hall–Kier alpha value is -0.890. The van der Waals surface area contributed by atoms with E-state index in [1.54, 1.807) is 0 Å². The minimum absolute atomic E-state index is 0.217. The van der Waals surface area contributed by atoms with E-state index in [1.165, 1.54) is 0 Å². The van der Waals surface area contributed by atoms with Gasteiger partial charge in [-0.15, -0.1) is 0 Å². The minimum Gasteiger partial charge on any atom is -0.373 e. The average molecular weight is 208 g/mol. The van der Waals surface area contributed by atoms with Crippen LogP contribution in [0.25, 0.3) is 0 Å². The van der Waals surface area contributed by atoms with Crippen LogP contribution in [0.4, 0.5) is 0 Å². The maximum absolute atomic E-state index is 11.4. The highest BCUT2D eigenvalue weighted by Gasteiger charge is 2.07. The van der Waals surface area contributed by atoms with Gasteiger partial charge in [0.05, 0.1) is 6.61 Å². The first-order valence-electron chi connectivity index (χ1n) is 5.63. The number of allylic oxidation sites excluding steroid dienone is 2. The minimum atomic E-state index is 0.217. The first-order chi connectivity index (χ1) is 7.18. The summed E-state index contributed by atoms with van der Waals surface area (Å²) in [6, 6.07) is 0. The summed E-state index contributed by atoms with van der Waals surface area (Å²) >= 11 is 0. The van der Waals surface area contributed by atoms with Gasteiger partial charge < -0.3 is 4.74 Å². The van der Waals surface area contributed by atoms with Gasteiger partial charge in [0.15, 0.2) is 5.78 Å². The molecule has 0 saturated carbocycles. The molecule has 2 nitrogen and oxygen atoms in total. The van der Waals surface area contributed by atoms with E-state index in [9.17, 15) is 4.79 Å². The number of carbonyl (C=O) groups excluding carboxylic acids is 1. The lowest BCUT2D eigenvalue weighted by Gasteiger charge is -2.07. The molecule has 0 heterocycles. The van der Waals surface area contributed by atoms with Gasteiger partial charge in [-0.05, 0) is 12.3 Å². The van der Waals surface area contributed by atoms with Gasteiger partial charge in [0.2, 0.25) is 0 Å². The largest absolute Gasteiger partial charge is 0.373 e. The van der Waals surface area contributed by atoms with E-state index in [-0.39, 0.29) is 12.4 Å². The molecule has 0 aromatic heterocycles. The molecule has 1 rings (SSSR count). The summed E-state index contributed by atoms with van der Waals surface area (Å²) in [6.07, 6.45) is 9.79. The predicted octanol–water partition coefficient (Wildman–Crippen LogP) is 2.75. The molecule has 0 spiro atoms. The molecule has 0 N–H and O–H groups in total. The lowest BCUT2D eigenvalue weighted by molar-refractivity contribution is -0.124. The lowest BCUT2D eigenvalue weighted by atomic mass is 10.1. The summed E-state index contributed by atoms with van der Waals surface area (Å²) in [5.74, 6) is 1.17. The van der Waals surface area contributed by atoms with Crippen LogP contribution in [0.3, 0.4) is 0 Å². The third kappa shape index (κ3) is 5.53. The second-order valence-electron chi connectivity index (χ2n) is 4.42. The van der Waals surface area contributed by atoms with Gasteiger partial charge in [-0.3, -0.25) is 4.79 Å². The van der Waals surface area contributed by atoms with Crippen LogP contribution >= 0.6 is 0 Å². The summed E-state index contributed by atoms with van der Waals surface area (Å²) in [5, 5.41) is 0. The van der Waals surface area contributed by atoms with E-state index in [1.807, 2.05) is 12.2 Å². The van der Waals surface area contributed by atoms with Crippen molar-refractivity contribution in [2.45, 2.75) is 26.7 Å². The van der Waals surface area contributed by atoms with Gasteiger partial charge in [0.1, 0.15) is 6.61 Å². The quantitative estimate of drug-likeness (QED) is 0.643. The fourth-order valence-corrected chi connectivity index (χ4v) is 1.42. The van der Waals surface area contributed by atoms with Crippen molar-refractivity contribution >= 4 is 5.78 Å². The van der Waals surface area contributed by atoms with E-state index in [0.29, 0.717) is 24.9 Å². The lowest BCUT2D eigenvalue weighted by Crippen LogP contribution is -2.12. The monoisotopic (exact) mass is 208 g/mol. The maximum atomic E-state index is 11.4. The van der Waals surface area contributed by atoms with Crippen LogP contribution in [0, 0.1) is 11.8 Å². The Morgan fingerprint density at radius 3 is 2.60 bits per heavy atom. The summed E-state index contributed by atoms with van der Waals surface area (Å²) in [4.78, 5) is 11.4. The molecule has 0 radical (unpaired) electrons. The van der Waals surface area contributed by atoms with Crippen LogP contribution in [-0.2, 0) is 9.53 Å². The Morgan fingerprint density at radius 2 is 2.00 bits per heavy atom. The van der Waals surface area contributed by atoms with Crippen LogP contribution in [0.15, 0.2) is 24.3 Å². The van der Waals surface area contributed by atoms with Crippen LogP contribution in [-0.4, -0.2) is 19.0 Å². The fourth-order valence-electron chi connectivity index (χ4n) is 1.42. The van der Waals surface area contributed by atoms with Crippen molar-refractivity contribution in [1.29, 1.82) is 0 Å². The van der Waals surface area contributed by atoms with E-state index >= 15 is 0 Å². The molecule has 0 atom stereocenters. The highest BCUT2D eigenvalue weighted by Crippen LogP contribution is 2.09. The van der Waals surface area contributed by atoms with E-state index < -0.39 is 0 Å². The Labute approximate surface area is 92.0 Å². The van der Waals surface area contributed by atoms with E-state index in [0.717, 1.165) is 6.42 Å². The molecule has 1 aliphatic carbocycles. The topological polar surface area (TPSA) is 26.3 Å². The van der Waals surface area contributed by atoms with Gasteiger partial charge in [-0.1, -0.05) is 38.2 Å². The molecule has 2 heteroatoms. The first-order valence-corrected chi connectivity index (χ1v) is 5.63. The number of carbonyl (C=O) groups is 1. The summed E-state index contributed by atoms with van der Waals surface area (Å²) in [7, 11) is 0. The standard InChI is InChI=1S/C13H20O2/c1-11(2)7-8-13(14)10-15-9-12-5-3-4-6-12/h3-6,11-12H,7-10H2,1-2H3. The summed E-state index contributed by atoms with van der Waals surface area (Å²) in [5.41, 5.74) is 0. The third-order valence-electron chi connectivity index (χ3n) is 2.40. The van der Waals surface area contributed by atoms with Crippen LogP contribution in [0.5, 0.6) is 0 Å². The van der Waals surface area contributed by atoms with E-state index in [2.05, 4.69) is 26.0 Å². The molecule has 0 aromatic rings. The number of rotatable bonds is 7. The number of Topliss-reactive ketones (excluding diaryl/α,β-unsaturated/α-hetero) is 1. The summed E-state index contributed by atoms with van der Waals surface area (Å²) < 4.78 is 5.36. The second kappa shape index (κ2) is 6.57. The maximum Gasteiger partial charge on any atom is 0.158 e. The number of hydrogen-bond acceptors (Lipinski definition) is 2. The predicted molar refractivity (Wildman–Crippen MR) is 61.7 cm³/mol. The number of hydrogen-bond donors (Lipinski definition) is 0. The SMILES string of the molecule is CC(C)CCC(=O)COCC1C=CC=C1. The number of ether oxygens (including phenoxy) is 1. The van der Waals surface area contributed by atoms with Gasteiger partial charge in [0.25, 0.3) is 0 Å². The fraction of sp³-hybridized carbons (Fsp3) is 0.615. The van der Waals surface area contributed by atoms with Gasteiger partial charge in [-0.2, -0.15) is 0 Å². The molecule has 1 aliphatic rings. The van der Waals surface area contributed by atoms with Crippen LogP contribution in [0.2, 0.25) is 0 Å². The zero-order valence-electron chi connectivity index (χ0n) is 9.61. The molecule has 0 aliphatic heterocycles. The molecule has 15 heavy (non-hydrogen) atoms. The smallest absolute Gasteiger partial charge is 0.158 e. The van der Waals surface area contributed by atoms with Crippen molar-refractivity contribution in [3.63, 3.8) is 0 Å². The molecular weight excluding hydrogens is 188 g/mol. The van der Waals surface area contributed by atoms with Crippen molar-refractivity contribution in [3.8, 4) is 0 Å². The third-order valence-corrected chi connectivity index (χ3v) is 2.40. The highest BCUT2D eigenvalue weighted by molar-refractivity contribution is 5.79. The number of ketones is 1. The van der Waals surface area contributed by atoms with Crippen molar-refractivity contribution in [3.05, 3.63) is 24.3 Å². The molecule has 0 aromatic carbocycles.